The molecule has 1 aliphatic carbocycles. The number of ether oxygens (including phenoxy) is 1. The van der Waals surface area contributed by atoms with Gasteiger partial charge in [0.15, 0.2) is 5.58 Å². The van der Waals surface area contributed by atoms with Gasteiger partial charge in [-0.25, -0.2) is 0 Å². The topological polar surface area (TPSA) is 76.7 Å². The average Bonchev–Trinajstić information content (AvgIpc) is 3.43. The third-order valence-electron chi connectivity index (χ3n) is 8.20. The molecule has 2 aromatic heterocycles. The molecule has 192 valence electrons. The van der Waals surface area contributed by atoms with Gasteiger partial charge >= 0.3 is 0 Å². The van der Waals surface area contributed by atoms with Crippen molar-refractivity contribution in [2.45, 2.75) is 84.7 Å². The summed E-state index contributed by atoms with van der Waals surface area (Å²) in [4.78, 5) is 29.6. The number of amides is 2. The molecule has 7 nitrogen and oxygen atoms in total. The molecule has 1 aliphatic heterocycles. The summed E-state index contributed by atoms with van der Waals surface area (Å²) in [5.41, 5.74) is 1.94. The van der Waals surface area contributed by atoms with Crippen LogP contribution in [0.3, 0.4) is 0 Å². The number of carbonyl (C=O) groups is 2. The molecule has 1 saturated carbocycles. The predicted molar refractivity (Wildman–Crippen MR) is 139 cm³/mol. The lowest BCUT2D eigenvalue weighted by atomic mass is 9.77. The number of aromatic nitrogens is 1. The summed E-state index contributed by atoms with van der Waals surface area (Å²) in [7, 11) is 0. The van der Waals surface area contributed by atoms with Crippen molar-refractivity contribution in [2.75, 3.05) is 0 Å². The molecule has 4 unspecified atom stereocenters. The first-order chi connectivity index (χ1) is 17.2. The van der Waals surface area contributed by atoms with Gasteiger partial charge in [-0.15, -0.1) is 0 Å². The van der Waals surface area contributed by atoms with Gasteiger partial charge in [0.2, 0.25) is 5.91 Å². The zero-order valence-corrected chi connectivity index (χ0v) is 21.9. The van der Waals surface area contributed by atoms with E-state index in [0.717, 1.165) is 29.7 Å². The molecular weight excluding hydrogens is 454 g/mol. The van der Waals surface area contributed by atoms with E-state index in [-0.39, 0.29) is 24.0 Å². The van der Waals surface area contributed by atoms with E-state index in [1.54, 1.807) is 17.2 Å². The molecule has 1 fully saturated rings. The van der Waals surface area contributed by atoms with Crippen LogP contribution in [0.5, 0.6) is 5.75 Å². The Hall–Kier alpha value is -3.22. The van der Waals surface area contributed by atoms with Crippen molar-refractivity contribution in [1.29, 1.82) is 0 Å². The SMILES string of the molecule is CC(C)Oc1ccc(CN2C(=O)c3cc4occc4n3CC2(C)C(=O)NC2CCCC(C)C2C)cc1. The van der Waals surface area contributed by atoms with Crippen molar-refractivity contribution in [2.24, 2.45) is 11.8 Å². The van der Waals surface area contributed by atoms with Gasteiger partial charge in [0.1, 0.15) is 17.0 Å². The second-order valence-corrected chi connectivity index (χ2v) is 11.1. The third kappa shape index (κ3) is 4.29. The lowest BCUT2D eigenvalue weighted by Crippen LogP contribution is -2.65. The van der Waals surface area contributed by atoms with Crippen LogP contribution in [0.2, 0.25) is 0 Å². The lowest BCUT2D eigenvalue weighted by Gasteiger charge is -2.45. The Morgan fingerprint density at radius 3 is 2.67 bits per heavy atom. The Labute approximate surface area is 212 Å². The van der Waals surface area contributed by atoms with E-state index in [4.69, 9.17) is 9.15 Å². The number of fused-ring (bicyclic) bond motifs is 3. The highest BCUT2D eigenvalue weighted by molar-refractivity contribution is 6.02. The first-order valence-electron chi connectivity index (χ1n) is 13.1. The van der Waals surface area contributed by atoms with Gasteiger partial charge in [-0.2, -0.15) is 0 Å². The predicted octanol–water partition coefficient (Wildman–Crippen LogP) is 5.38. The van der Waals surface area contributed by atoms with Gasteiger partial charge in [-0.1, -0.05) is 38.8 Å². The number of hydrogen-bond acceptors (Lipinski definition) is 4. The Kier molecular flexibility index (Phi) is 6.35. The number of benzene rings is 1. The van der Waals surface area contributed by atoms with E-state index in [2.05, 4.69) is 19.2 Å². The second kappa shape index (κ2) is 9.34. The van der Waals surface area contributed by atoms with E-state index in [9.17, 15) is 9.59 Å². The van der Waals surface area contributed by atoms with Crippen molar-refractivity contribution in [3.63, 3.8) is 0 Å². The fourth-order valence-electron chi connectivity index (χ4n) is 5.76. The molecule has 0 bridgehead atoms. The van der Waals surface area contributed by atoms with Crippen molar-refractivity contribution in [3.8, 4) is 5.75 Å². The van der Waals surface area contributed by atoms with Crippen LogP contribution in [0.25, 0.3) is 11.1 Å². The van der Waals surface area contributed by atoms with Crippen LogP contribution < -0.4 is 10.1 Å². The monoisotopic (exact) mass is 491 g/mol. The number of nitrogens with one attached hydrogen (secondary N) is 1. The van der Waals surface area contributed by atoms with E-state index in [1.165, 1.54) is 6.42 Å². The summed E-state index contributed by atoms with van der Waals surface area (Å²) in [6.07, 6.45) is 4.98. The van der Waals surface area contributed by atoms with Crippen LogP contribution in [-0.2, 0) is 17.9 Å². The molecule has 3 aromatic rings. The molecule has 2 aliphatic rings. The third-order valence-corrected chi connectivity index (χ3v) is 8.20. The van der Waals surface area contributed by atoms with Crippen LogP contribution in [-0.4, -0.2) is 39.0 Å². The molecule has 4 atom stereocenters. The van der Waals surface area contributed by atoms with Crippen molar-refractivity contribution in [1.82, 2.24) is 14.8 Å². The zero-order valence-electron chi connectivity index (χ0n) is 21.9. The highest BCUT2D eigenvalue weighted by atomic mass is 16.5. The Bertz CT molecular complexity index is 1260. The molecule has 1 aromatic carbocycles. The summed E-state index contributed by atoms with van der Waals surface area (Å²) >= 11 is 0. The summed E-state index contributed by atoms with van der Waals surface area (Å²) in [5.74, 6) is 1.48. The highest BCUT2D eigenvalue weighted by Gasteiger charge is 2.48. The number of hydrogen-bond donors (Lipinski definition) is 1. The Morgan fingerprint density at radius 1 is 1.19 bits per heavy atom. The summed E-state index contributed by atoms with van der Waals surface area (Å²) < 4.78 is 13.3. The first kappa shape index (κ1) is 24.5. The van der Waals surface area contributed by atoms with Gasteiger partial charge in [0.05, 0.1) is 24.4 Å². The summed E-state index contributed by atoms with van der Waals surface area (Å²) in [6, 6.07) is 11.5. The van der Waals surface area contributed by atoms with E-state index in [0.29, 0.717) is 36.2 Å². The number of rotatable bonds is 6. The maximum atomic E-state index is 14.0. The fraction of sp³-hybridized carbons (Fsp3) is 0.517. The first-order valence-corrected chi connectivity index (χ1v) is 13.1. The smallest absolute Gasteiger partial charge is 0.271 e. The van der Waals surface area contributed by atoms with Crippen LogP contribution in [0.4, 0.5) is 0 Å². The van der Waals surface area contributed by atoms with E-state index >= 15 is 0 Å². The summed E-state index contributed by atoms with van der Waals surface area (Å²) in [5, 5.41) is 3.35. The Balaban J connectivity index is 1.48. The molecule has 2 amide bonds. The minimum absolute atomic E-state index is 0.0856. The molecule has 3 heterocycles. The van der Waals surface area contributed by atoms with Gasteiger partial charge in [0, 0.05) is 24.7 Å². The minimum Gasteiger partial charge on any atom is -0.491 e. The highest BCUT2D eigenvalue weighted by Crippen LogP contribution is 2.35. The van der Waals surface area contributed by atoms with Crippen LogP contribution in [0.15, 0.2) is 47.1 Å². The van der Waals surface area contributed by atoms with Gasteiger partial charge in [-0.3, -0.25) is 9.59 Å². The quantitative estimate of drug-likeness (QED) is 0.502. The summed E-state index contributed by atoms with van der Waals surface area (Å²) in [6.45, 7) is 11.0. The number of furan rings is 1. The molecular formula is C29H37N3O4. The standard InChI is InChI=1S/C29H37N3O4/c1-18(2)36-22-11-9-21(10-12-22)16-32-27(33)25-15-26-24(13-14-35-26)31(25)17-29(32,5)28(34)30-23-8-6-7-19(3)20(23)4/h9-15,18-20,23H,6-8,16-17H2,1-5H3,(H,30,34). The van der Waals surface area contributed by atoms with Crippen LogP contribution >= 0.6 is 0 Å². The fourth-order valence-corrected chi connectivity index (χ4v) is 5.76. The number of carbonyl (C=O) groups excluding carboxylic acids is 2. The maximum absolute atomic E-state index is 14.0. The van der Waals surface area contributed by atoms with Crippen molar-refractivity contribution in [3.05, 3.63) is 53.9 Å². The second-order valence-electron chi connectivity index (χ2n) is 11.1. The maximum Gasteiger partial charge on any atom is 0.271 e. The lowest BCUT2D eigenvalue weighted by molar-refractivity contribution is -0.134. The average molecular weight is 492 g/mol. The van der Waals surface area contributed by atoms with Crippen molar-refractivity contribution < 1.29 is 18.7 Å². The van der Waals surface area contributed by atoms with E-state index < -0.39 is 5.54 Å². The van der Waals surface area contributed by atoms with Gasteiger partial charge in [0.25, 0.3) is 5.91 Å². The van der Waals surface area contributed by atoms with Gasteiger partial charge < -0.3 is 23.9 Å². The molecule has 7 heteroatoms. The molecule has 0 spiro atoms. The van der Waals surface area contributed by atoms with E-state index in [1.807, 2.05) is 55.7 Å². The molecule has 36 heavy (non-hydrogen) atoms. The van der Waals surface area contributed by atoms with Crippen LogP contribution in [0.1, 0.15) is 69.9 Å². The molecule has 0 radical (unpaired) electrons. The molecule has 5 rings (SSSR count). The van der Waals surface area contributed by atoms with Gasteiger partial charge in [-0.05, 0) is 56.7 Å². The van der Waals surface area contributed by atoms with Crippen LogP contribution in [0, 0.1) is 11.8 Å². The van der Waals surface area contributed by atoms with Crippen molar-refractivity contribution >= 4 is 22.9 Å². The largest absolute Gasteiger partial charge is 0.491 e. The zero-order chi connectivity index (χ0) is 25.6. The Morgan fingerprint density at radius 2 is 1.94 bits per heavy atom. The molecule has 1 N–H and O–H groups in total. The minimum atomic E-state index is -1.05. The number of nitrogens with zero attached hydrogens (tertiary/aromatic N) is 2. The molecule has 0 saturated heterocycles. The normalized spacial score (nSPS) is 26.3.